The van der Waals surface area contributed by atoms with Crippen molar-refractivity contribution < 1.29 is 9.90 Å². The van der Waals surface area contributed by atoms with Gasteiger partial charge in [0.1, 0.15) is 0 Å². The first kappa shape index (κ1) is 16.6. The van der Waals surface area contributed by atoms with Crippen LogP contribution in [0, 0.1) is 5.92 Å². The topological polar surface area (TPSA) is 40.5 Å². The zero-order chi connectivity index (χ0) is 17.0. The van der Waals surface area contributed by atoms with Crippen LogP contribution in [0.4, 0.5) is 5.69 Å². The Morgan fingerprint density at radius 1 is 1.12 bits per heavy atom. The van der Waals surface area contributed by atoms with E-state index in [1.807, 2.05) is 12.1 Å². The van der Waals surface area contributed by atoms with Gasteiger partial charge in [-0.25, -0.2) is 0 Å². The summed E-state index contributed by atoms with van der Waals surface area (Å²) in [4.78, 5) is 14.0. The van der Waals surface area contributed by atoms with E-state index >= 15 is 0 Å². The first-order valence-corrected chi connectivity index (χ1v) is 8.68. The third-order valence-corrected chi connectivity index (χ3v) is 5.25. The third-order valence-electron chi connectivity index (χ3n) is 5.25. The monoisotopic (exact) mass is 323 g/mol. The fourth-order valence-electron chi connectivity index (χ4n) is 3.85. The van der Waals surface area contributed by atoms with Gasteiger partial charge in [-0.05, 0) is 50.3 Å². The number of carboxylic acids is 1. The van der Waals surface area contributed by atoms with E-state index in [1.54, 1.807) is 0 Å². The molecule has 1 N–H and O–H groups in total. The van der Waals surface area contributed by atoms with Gasteiger partial charge in [-0.2, -0.15) is 0 Å². The quantitative estimate of drug-likeness (QED) is 0.888. The summed E-state index contributed by atoms with van der Waals surface area (Å²) in [5, 5.41) is 9.49. The number of anilines is 1. The van der Waals surface area contributed by atoms with Gasteiger partial charge in [-0.1, -0.05) is 48.5 Å². The van der Waals surface area contributed by atoms with Crippen LogP contribution in [-0.4, -0.2) is 23.2 Å². The number of aliphatic carboxylic acids is 1. The van der Waals surface area contributed by atoms with Crippen molar-refractivity contribution in [2.45, 2.75) is 38.1 Å². The average molecular weight is 323 g/mol. The highest BCUT2D eigenvalue weighted by Gasteiger charge is 2.40. The van der Waals surface area contributed by atoms with Gasteiger partial charge in [-0.3, -0.25) is 4.79 Å². The summed E-state index contributed by atoms with van der Waals surface area (Å²) < 4.78 is 0. The second-order valence-corrected chi connectivity index (χ2v) is 7.00. The van der Waals surface area contributed by atoms with Gasteiger partial charge in [0, 0.05) is 17.8 Å². The van der Waals surface area contributed by atoms with Crippen LogP contribution in [0.3, 0.4) is 0 Å². The molecule has 1 heterocycles. The highest BCUT2D eigenvalue weighted by Crippen LogP contribution is 2.38. The Balaban J connectivity index is 1.83. The number of nitrogens with zero attached hydrogens (tertiary/aromatic N) is 1. The van der Waals surface area contributed by atoms with Crippen molar-refractivity contribution in [3.63, 3.8) is 0 Å². The van der Waals surface area contributed by atoms with Crippen LogP contribution in [0.15, 0.2) is 60.7 Å². The lowest BCUT2D eigenvalue weighted by Gasteiger charge is -2.48. The van der Waals surface area contributed by atoms with E-state index in [4.69, 9.17) is 0 Å². The molecule has 0 spiro atoms. The molecule has 1 fully saturated rings. The highest BCUT2D eigenvalue weighted by atomic mass is 16.4. The van der Waals surface area contributed by atoms with Gasteiger partial charge in [0.2, 0.25) is 0 Å². The first-order chi connectivity index (χ1) is 11.6. The summed E-state index contributed by atoms with van der Waals surface area (Å²) in [6, 6.07) is 20.8. The maximum Gasteiger partial charge on any atom is 0.306 e. The number of carbonyl (C=O) groups is 1. The number of hydrogen-bond acceptors (Lipinski definition) is 2. The molecule has 0 aliphatic carbocycles. The molecule has 2 atom stereocenters. The van der Waals surface area contributed by atoms with Crippen molar-refractivity contribution in [3.05, 3.63) is 66.2 Å². The number of aryl methyl sites for hydroxylation is 1. The van der Waals surface area contributed by atoms with Crippen molar-refractivity contribution in [1.82, 2.24) is 0 Å². The van der Waals surface area contributed by atoms with Gasteiger partial charge >= 0.3 is 5.97 Å². The molecule has 0 amide bonds. The van der Waals surface area contributed by atoms with Gasteiger partial charge in [0.25, 0.3) is 0 Å². The van der Waals surface area contributed by atoms with E-state index in [0.29, 0.717) is 12.8 Å². The smallest absolute Gasteiger partial charge is 0.306 e. The van der Waals surface area contributed by atoms with Gasteiger partial charge < -0.3 is 10.0 Å². The zero-order valence-electron chi connectivity index (χ0n) is 14.2. The van der Waals surface area contributed by atoms with Crippen LogP contribution in [0.2, 0.25) is 0 Å². The van der Waals surface area contributed by atoms with Crippen LogP contribution in [-0.2, 0) is 11.2 Å². The average Bonchev–Trinajstić information content (AvgIpc) is 2.61. The van der Waals surface area contributed by atoms with E-state index in [1.165, 1.54) is 11.3 Å². The predicted molar refractivity (Wildman–Crippen MR) is 97.3 cm³/mol. The predicted octanol–water partition coefficient (Wildman–Crippen LogP) is 4.38. The molecule has 0 saturated carbocycles. The Labute approximate surface area is 143 Å². The Kier molecular flexibility index (Phi) is 4.89. The molecule has 0 bridgehead atoms. The van der Waals surface area contributed by atoms with Gasteiger partial charge in [0.15, 0.2) is 0 Å². The highest BCUT2D eigenvalue weighted by molar-refractivity contribution is 5.71. The van der Waals surface area contributed by atoms with Crippen molar-refractivity contribution in [2.75, 3.05) is 11.4 Å². The Morgan fingerprint density at radius 3 is 2.38 bits per heavy atom. The largest absolute Gasteiger partial charge is 0.481 e. The zero-order valence-corrected chi connectivity index (χ0v) is 14.2. The molecule has 2 unspecified atom stereocenters. The SMILES string of the molecule is CC1(CCc2ccccc2)CC(C(=O)O)CCN1c1ccccc1. The van der Waals surface area contributed by atoms with Crippen LogP contribution < -0.4 is 4.90 Å². The minimum Gasteiger partial charge on any atom is -0.481 e. The molecule has 3 heteroatoms. The van der Waals surface area contributed by atoms with Gasteiger partial charge in [0.05, 0.1) is 5.92 Å². The maximum absolute atomic E-state index is 11.5. The van der Waals surface area contributed by atoms with Crippen LogP contribution in [0.25, 0.3) is 0 Å². The minimum atomic E-state index is -0.659. The fraction of sp³-hybridized carbons (Fsp3) is 0.381. The van der Waals surface area contributed by atoms with E-state index in [0.717, 1.165) is 19.4 Å². The summed E-state index contributed by atoms with van der Waals surface area (Å²) in [5.74, 6) is -0.903. The number of hydrogen-bond donors (Lipinski definition) is 1. The van der Waals surface area contributed by atoms with E-state index in [9.17, 15) is 9.90 Å². The Morgan fingerprint density at radius 2 is 1.75 bits per heavy atom. The van der Waals surface area contributed by atoms with E-state index in [-0.39, 0.29) is 11.5 Å². The summed E-state index contributed by atoms with van der Waals surface area (Å²) >= 11 is 0. The molecule has 2 aromatic carbocycles. The Hall–Kier alpha value is -2.29. The molecule has 3 nitrogen and oxygen atoms in total. The third kappa shape index (κ3) is 3.61. The summed E-state index contributed by atoms with van der Waals surface area (Å²) in [6.07, 6.45) is 3.33. The number of piperidine rings is 1. The number of para-hydroxylation sites is 1. The molecule has 1 aliphatic heterocycles. The van der Waals surface area contributed by atoms with Crippen LogP contribution in [0.5, 0.6) is 0 Å². The second-order valence-electron chi connectivity index (χ2n) is 7.00. The molecule has 1 aliphatic rings. The molecular formula is C21H25NO2. The molecule has 1 saturated heterocycles. The van der Waals surface area contributed by atoms with Crippen LogP contribution in [0.1, 0.15) is 31.7 Å². The maximum atomic E-state index is 11.5. The first-order valence-electron chi connectivity index (χ1n) is 8.68. The molecule has 2 aromatic rings. The summed E-state index contributed by atoms with van der Waals surface area (Å²) in [5.41, 5.74) is 2.36. The van der Waals surface area contributed by atoms with Crippen molar-refractivity contribution in [3.8, 4) is 0 Å². The lowest BCUT2D eigenvalue weighted by Crippen LogP contribution is -2.53. The molecule has 24 heavy (non-hydrogen) atoms. The minimum absolute atomic E-state index is 0.140. The van der Waals surface area contributed by atoms with Crippen molar-refractivity contribution >= 4 is 11.7 Å². The van der Waals surface area contributed by atoms with Crippen LogP contribution >= 0.6 is 0 Å². The molecule has 126 valence electrons. The number of benzene rings is 2. The normalized spacial score (nSPS) is 23.9. The molecular weight excluding hydrogens is 298 g/mol. The Bertz CT molecular complexity index is 671. The van der Waals surface area contributed by atoms with Gasteiger partial charge in [-0.15, -0.1) is 0 Å². The number of carboxylic acid groups (broad SMARTS) is 1. The van der Waals surface area contributed by atoms with Crippen molar-refractivity contribution in [2.24, 2.45) is 5.92 Å². The molecule has 3 rings (SSSR count). The lowest BCUT2D eigenvalue weighted by atomic mass is 9.77. The standard InChI is InChI=1S/C21H25NO2/c1-21(14-12-17-8-4-2-5-9-17)16-18(20(23)24)13-15-22(21)19-10-6-3-7-11-19/h2-11,18H,12-16H2,1H3,(H,23,24). The van der Waals surface area contributed by atoms with E-state index < -0.39 is 5.97 Å². The second kappa shape index (κ2) is 7.08. The summed E-state index contributed by atoms with van der Waals surface area (Å²) in [6.45, 7) is 3.02. The molecule has 0 radical (unpaired) electrons. The molecule has 0 aromatic heterocycles. The summed E-state index contributed by atoms with van der Waals surface area (Å²) in [7, 11) is 0. The van der Waals surface area contributed by atoms with E-state index in [2.05, 4.69) is 60.4 Å². The van der Waals surface area contributed by atoms with Crippen molar-refractivity contribution in [1.29, 1.82) is 0 Å². The number of rotatable bonds is 5. The fourth-order valence-corrected chi connectivity index (χ4v) is 3.85. The lowest BCUT2D eigenvalue weighted by molar-refractivity contribution is -0.143.